The normalized spacial score (nSPS) is 19.9. The topological polar surface area (TPSA) is 62.3 Å². The minimum absolute atomic E-state index is 0.0927. The van der Waals surface area contributed by atoms with Crippen molar-refractivity contribution in [3.63, 3.8) is 0 Å². The van der Waals surface area contributed by atoms with Gasteiger partial charge >= 0.3 is 0 Å². The number of halogens is 1. The molecule has 1 fully saturated rings. The molecule has 1 aliphatic rings. The number of hydrogen-bond acceptors (Lipinski definition) is 2. The molecular formula is C18H20ClN4O+. The van der Waals surface area contributed by atoms with Crippen LogP contribution in [0.2, 0.25) is 5.02 Å². The number of aromatic nitrogens is 1. The Bertz CT molecular complexity index is 793. The van der Waals surface area contributed by atoms with Gasteiger partial charge in [-0.05, 0) is 30.3 Å². The Balaban J connectivity index is 1.70. The molecule has 1 amide bonds. The van der Waals surface area contributed by atoms with E-state index in [1.807, 2.05) is 19.3 Å². The molecule has 5 nitrogen and oxygen atoms in total. The Morgan fingerprint density at radius 2 is 2.33 bits per heavy atom. The molecular weight excluding hydrogens is 324 g/mol. The molecule has 1 aromatic heterocycles. The summed E-state index contributed by atoms with van der Waals surface area (Å²) in [6.45, 7) is 1.36. The van der Waals surface area contributed by atoms with Gasteiger partial charge in [-0.15, -0.1) is 0 Å². The predicted molar refractivity (Wildman–Crippen MR) is 92.9 cm³/mol. The number of benzene rings is 1. The molecule has 2 atom stereocenters. The van der Waals surface area contributed by atoms with E-state index >= 15 is 0 Å². The Hall–Kier alpha value is -2.29. The molecule has 1 aliphatic heterocycles. The van der Waals surface area contributed by atoms with Crippen LogP contribution in [0.25, 0.3) is 0 Å². The van der Waals surface area contributed by atoms with Gasteiger partial charge in [-0.1, -0.05) is 11.6 Å². The molecule has 0 saturated carbocycles. The summed E-state index contributed by atoms with van der Waals surface area (Å²) in [6, 6.07) is 11.5. The van der Waals surface area contributed by atoms with Crippen molar-refractivity contribution in [1.82, 2.24) is 4.57 Å². The molecule has 1 aromatic carbocycles. The van der Waals surface area contributed by atoms with Crippen LogP contribution in [0.1, 0.15) is 30.1 Å². The van der Waals surface area contributed by atoms with Gasteiger partial charge in [0.05, 0.1) is 23.5 Å². The minimum atomic E-state index is -0.0927. The van der Waals surface area contributed by atoms with Crippen molar-refractivity contribution >= 4 is 23.2 Å². The lowest BCUT2D eigenvalue weighted by Gasteiger charge is -2.21. The molecule has 0 aliphatic carbocycles. The number of amides is 1. The first-order valence-electron chi connectivity index (χ1n) is 8.04. The Labute approximate surface area is 146 Å². The van der Waals surface area contributed by atoms with Crippen LogP contribution in [0.4, 0.5) is 5.69 Å². The SMILES string of the molecule is Cn1cccc1[C@H]1CCC[NH+]1CC(=O)Nc1cc(Cl)ccc1C#N. The lowest BCUT2D eigenvalue weighted by atomic mass is 10.1. The maximum absolute atomic E-state index is 12.5. The van der Waals surface area contributed by atoms with Crippen molar-refractivity contribution in [2.45, 2.75) is 18.9 Å². The zero-order valence-electron chi connectivity index (χ0n) is 13.6. The van der Waals surface area contributed by atoms with E-state index in [0.29, 0.717) is 28.9 Å². The largest absolute Gasteiger partial charge is 0.350 e. The van der Waals surface area contributed by atoms with E-state index in [1.54, 1.807) is 18.2 Å². The molecule has 24 heavy (non-hydrogen) atoms. The number of carbonyl (C=O) groups excluding carboxylic acids is 1. The number of aryl methyl sites for hydroxylation is 1. The van der Waals surface area contributed by atoms with Gasteiger partial charge in [0.2, 0.25) is 0 Å². The fourth-order valence-corrected chi connectivity index (χ4v) is 3.61. The van der Waals surface area contributed by atoms with Crippen LogP contribution in [-0.4, -0.2) is 23.6 Å². The molecule has 2 aromatic rings. The predicted octanol–water partition coefficient (Wildman–Crippen LogP) is 1.91. The van der Waals surface area contributed by atoms with Crippen LogP contribution >= 0.6 is 11.6 Å². The van der Waals surface area contributed by atoms with E-state index in [1.165, 1.54) is 10.6 Å². The van der Waals surface area contributed by atoms with Crippen LogP contribution in [0.15, 0.2) is 36.5 Å². The Morgan fingerprint density at radius 1 is 1.50 bits per heavy atom. The number of nitriles is 1. The van der Waals surface area contributed by atoms with Crippen molar-refractivity contribution in [3.8, 4) is 6.07 Å². The van der Waals surface area contributed by atoms with Gasteiger partial charge in [0, 0.05) is 31.1 Å². The van der Waals surface area contributed by atoms with Gasteiger partial charge in [-0.25, -0.2) is 0 Å². The summed E-state index contributed by atoms with van der Waals surface area (Å²) in [5.41, 5.74) is 2.16. The fraction of sp³-hybridized carbons (Fsp3) is 0.333. The molecule has 0 radical (unpaired) electrons. The van der Waals surface area contributed by atoms with Gasteiger partial charge in [-0.2, -0.15) is 5.26 Å². The van der Waals surface area contributed by atoms with Crippen molar-refractivity contribution in [3.05, 3.63) is 52.8 Å². The number of likely N-dealkylation sites (tertiary alicyclic amines) is 1. The summed E-state index contributed by atoms with van der Waals surface area (Å²) in [5.74, 6) is -0.0927. The lowest BCUT2D eigenvalue weighted by molar-refractivity contribution is -0.910. The van der Waals surface area contributed by atoms with Crippen LogP contribution in [-0.2, 0) is 11.8 Å². The van der Waals surface area contributed by atoms with Crippen LogP contribution in [0.3, 0.4) is 0 Å². The summed E-state index contributed by atoms with van der Waals surface area (Å²) in [7, 11) is 2.04. The molecule has 124 valence electrons. The number of hydrogen-bond donors (Lipinski definition) is 2. The molecule has 3 rings (SSSR count). The molecule has 2 heterocycles. The third kappa shape index (κ3) is 3.45. The van der Waals surface area contributed by atoms with Crippen molar-refractivity contribution in [2.75, 3.05) is 18.4 Å². The lowest BCUT2D eigenvalue weighted by Crippen LogP contribution is -3.11. The second-order valence-electron chi connectivity index (χ2n) is 6.17. The Kier molecular flexibility index (Phi) is 4.89. The smallest absolute Gasteiger partial charge is 0.279 e. The van der Waals surface area contributed by atoms with Gasteiger partial charge in [-0.3, -0.25) is 4.79 Å². The molecule has 1 unspecified atom stereocenters. The average Bonchev–Trinajstić information content (AvgIpc) is 3.16. The highest BCUT2D eigenvalue weighted by Gasteiger charge is 2.33. The summed E-state index contributed by atoms with van der Waals surface area (Å²) in [4.78, 5) is 13.7. The van der Waals surface area contributed by atoms with E-state index in [4.69, 9.17) is 16.9 Å². The van der Waals surface area contributed by atoms with E-state index in [-0.39, 0.29) is 5.91 Å². The third-order valence-corrected chi connectivity index (χ3v) is 4.82. The first-order chi connectivity index (χ1) is 11.6. The summed E-state index contributed by atoms with van der Waals surface area (Å²) < 4.78 is 2.12. The van der Waals surface area contributed by atoms with Gasteiger partial charge in [0.25, 0.3) is 5.91 Å². The highest BCUT2D eigenvalue weighted by Crippen LogP contribution is 2.21. The second kappa shape index (κ2) is 7.08. The molecule has 0 spiro atoms. The zero-order valence-corrected chi connectivity index (χ0v) is 14.3. The number of rotatable bonds is 4. The fourth-order valence-electron chi connectivity index (χ4n) is 3.43. The summed E-state index contributed by atoms with van der Waals surface area (Å²) in [6.07, 6.45) is 4.23. The quantitative estimate of drug-likeness (QED) is 0.890. The number of nitrogens with one attached hydrogen (secondary N) is 2. The van der Waals surface area contributed by atoms with Gasteiger partial charge < -0.3 is 14.8 Å². The number of quaternary nitrogens is 1. The average molecular weight is 344 g/mol. The van der Waals surface area contributed by atoms with E-state index < -0.39 is 0 Å². The number of carbonyl (C=O) groups is 1. The maximum Gasteiger partial charge on any atom is 0.279 e. The van der Waals surface area contributed by atoms with E-state index in [2.05, 4.69) is 22.0 Å². The first kappa shape index (κ1) is 16.6. The highest BCUT2D eigenvalue weighted by molar-refractivity contribution is 6.31. The van der Waals surface area contributed by atoms with Crippen LogP contribution < -0.4 is 10.2 Å². The highest BCUT2D eigenvalue weighted by atomic mass is 35.5. The van der Waals surface area contributed by atoms with Crippen LogP contribution in [0, 0.1) is 11.3 Å². The minimum Gasteiger partial charge on any atom is -0.350 e. The Morgan fingerprint density at radius 3 is 3.04 bits per heavy atom. The number of anilines is 1. The molecule has 6 heteroatoms. The van der Waals surface area contributed by atoms with Gasteiger partial charge in [0.1, 0.15) is 12.1 Å². The summed E-state index contributed by atoms with van der Waals surface area (Å²) in [5, 5.41) is 12.5. The van der Waals surface area contributed by atoms with Crippen molar-refractivity contribution < 1.29 is 9.69 Å². The number of nitrogens with zero attached hydrogens (tertiary/aromatic N) is 2. The van der Waals surface area contributed by atoms with E-state index in [9.17, 15) is 4.79 Å². The monoisotopic (exact) mass is 343 g/mol. The third-order valence-electron chi connectivity index (χ3n) is 4.59. The maximum atomic E-state index is 12.5. The molecule has 2 N–H and O–H groups in total. The van der Waals surface area contributed by atoms with E-state index in [0.717, 1.165) is 19.4 Å². The summed E-state index contributed by atoms with van der Waals surface area (Å²) >= 11 is 5.97. The second-order valence-corrected chi connectivity index (χ2v) is 6.61. The zero-order chi connectivity index (χ0) is 17.1. The standard InChI is InChI=1S/C18H19ClN4O/c1-22-8-2-4-16(22)17-5-3-9-23(17)12-18(24)21-15-10-14(19)7-6-13(15)11-20/h2,4,6-8,10,17H,3,5,9,12H2,1H3,(H,21,24)/p+1/t17-/m1/s1. The first-order valence-corrected chi connectivity index (χ1v) is 8.41. The van der Waals surface area contributed by atoms with Crippen LogP contribution in [0.5, 0.6) is 0 Å². The van der Waals surface area contributed by atoms with Crippen molar-refractivity contribution in [1.29, 1.82) is 5.26 Å². The molecule has 0 bridgehead atoms. The molecule has 1 saturated heterocycles. The van der Waals surface area contributed by atoms with Crippen molar-refractivity contribution in [2.24, 2.45) is 7.05 Å². The van der Waals surface area contributed by atoms with Gasteiger partial charge in [0.15, 0.2) is 6.54 Å².